The summed E-state index contributed by atoms with van der Waals surface area (Å²) in [6.45, 7) is 3.28. The second-order valence-electron chi connectivity index (χ2n) is 5.70. The minimum Gasteiger partial charge on any atom is -0.493 e. The summed E-state index contributed by atoms with van der Waals surface area (Å²) in [6, 6.07) is 9.29. The molecule has 2 rings (SSSR count). The van der Waals surface area contributed by atoms with E-state index >= 15 is 0 Å². The first-order valence-electron chi connectivity index (χ1n) is 8.38. The van der Waals surface area contributed by atoms with Crippen molar-refractivity contribution in [3.8, 4) is 11.5 Å². The van der Waals surface area contributed by atoms with Gasteiger partial charge in [0.1, 0.15) is 5.56 Å². The lowest BCUT2D eigenvalue weighted by atomic mass is 10.1. The molecule has 0 aliphatic heterocycles. The van der Waals surface area contributed by atoms with Crippen LogP contribution in [0, 0.1) is 17.0 Å². The van der Waals surface area contributed by atoms with Gasteiger partial charge in [-0.2, -0.15) is 0 Å². The number of hydrogen-bond acceptors (Lipinski definition) is 7. The highest BCUT2D eigenvalue weighted by molar-refractivity contribution is 5.98. The third kappa shape index (κ3) is 5.19. The van der Waals surface area contributed by atoms with Gasteiger partial charge in [-0.3, -0.25) is 14.9 Å². The van der Waals surface area contributed by atoms with Crippen LogP contribution in [0.2, 0.25) is 0 Å². The molecule has 0 aliphatic carbocycles. The van der Waals surface area contributed by atoms with Crippen LogP contribution in [-0.4, -0.2) is 37.1 Å². The van der Waals surface area contributed by atoms with Crippen molar-refractivity contribution >= 4 is 23.3 Å². The fraction of sp³-hybridized carbons (Fsp3) is 0.263. The average Bonchev–Trinajstić information content (AvgIpc) is 2.67. The monoisotopic (exact) mass is 388 g/mol. The number of carbonyl (C=O) groups excluding carboxylic acids is 2. The Balaban J connectivity index is 2.12. The Hall–Kier alpha value is -3.62. The van der Waals surface area contributed by atoms with Crippen LogP contribution < -0.4 is 14.8 Å². The first kappa shape index (κ1) is 20.7. The fourth-order valence-electron chi connectivity index (χ4n) is 2.33. The maximum Gasteiger partial charge on any atom is 0.345 e. The zero-order valence-corrected chi connectivity index (χ0v) is 15.7. The molecule has 0 unspecified atom stereocenters. The van der Waals surface area contributed by atoms with Crippen molar-refractivity contribution in [2.45, 2.75) is 13.8 Å². The van der Waals surface area contributed by atoms with Gasteiger partial charge in [-0.15, -0.1) is 0 Å². The van der Waals surface area contributed by atoms with E-state index in [1.165, 1.54) is 7.11 Å². The van der Waals surface area contributed by atoms with Crippen LogP contribution in [0.5, 0.6) is 11.5 Å². The van der Waals surface area contributed by atoms with Gasteiger partial charge in [0, 0.05) is 11.8 Å². The smallest absolute Gasteiger partial charge is 0.345 e. The highest BCUT2D eigenvalue weighted by Crippen LogP contribution is 2.35. The molecule has 148 valence electrons. The summed E-state index contributed by atoms with van der Waals surface area (Å²) in [5.41, 5.74) is 0.725. The number of carbonyl (C=O) groups is 2. The molecule has 0 saturated heterocycles. The summed E-state index contributed by atoms with van der Waals surface area (Å²) in [5, 5.41) is 13.9. The lowest BCUT2D eigenvalue weighted by Crippen LogP contribution is -2.21. The summed E-state index contributed by atoms with van der Waals surface area (Å²) < 4.78 is 15.3. The van der Waals surface area contributed by atoms with E-state index in [1.807, 2.05) is 19.1 Å². The number of aryl methyl sites for hydroxylation is 1. The molecule has 2 aromatic rings. The maximum atomic E-state index is 12.3. The van der Waals surface area contributed by atoms with Crippen molar-refractivity contribution in [3.05, 3.63) is 57.6 Å². The lowest BCUT2D eigenvalue weighted by molar-refractivity contribution is -0.385. The SMILES string of the molecule is CCOc1cc([N+](=O)[O-])c(C(=O)OCC(=O)Nc2ccc(C)cc2)cc1OC. The molecular weight excluding hydrogens is 368 g/mol. The van der Waals surface area contributed by atoms with Gasteiger partial charge in [-0.25, -0.2) is 4.79 Å². The van der Waals surface area contributed by atoms with Gasteiger partial charge in [-0.1, -0.05) is 17.7 Å². The zero-order chi connectivity index (χ0) is 20.7. The Morgan fingerprint density at radius 2 is 1.82 bits per heavy atom. The van der Waals surface area contributed by atoms with Gasteiger partial charge in [0.15, 0.2) is 18.1 Å². The number of rotatable bonds is 8. The molecule has 28 heavy (non-hydrogen) atoms. The maximum absolute atomic E-state index is 12.3. The topological polar surface area (TPSA) is 117 Å². The van der Waals surface area contributed by atoms with Crippen molar-refractivity contribution in [3.63, 3.8) is 0 Å². The van der Waals surface area contributed by atoms with E-state index in [-0.39, 0.29) is 23.7 Å². The third-order valence-electron chi connectivity index (χ3n) is 3.67. The lowest BCUT2D eigenvalue weighted by Gasteiger charge is -2.11. The largest absolute Gasteiger partial charge is 0.493 e. The molecule has 0 bridgehead atoms. The van der Waals surface area contributed by atoms with Crippen LogP contribution in [0.4, 0.5) is 11.4 Å². The molecule has 0 heterocycles. The van der Waals surface area contributed by atoms with Crippen LogP contribution in [0.3, 0.4) is 0 Å². The van der Waals surface area contributed by atoms with Gasteiger partial charge in [-0.05, 0) is 26.0 Å². The molecule has 0 atom stereocenters. The minimum atomic E-state index is -1.02. The van der Waals surface area contributed by atoms with Crippen LogP contribution in [0.15, 0.2) is 36.4 Å². The number of nitrogens with one attached hydrogen (secondary N) is 1. The van der Waals surface area contributed by atoms with Gasteiger partial charge in [0.05, 0.1) is 24.7 Å². The molecule has 2 aromatic carbocycles. The van der Waals surface area contributed by atoms with E-state index in [9.17, 15) is 19.7 Å². The summed E-state index contributed by atoms with van der Waals surface area (Å²) >= 11 is 0. The van der Waals surface area contributed by atoms with Crippen molar-refractivity contribution in [2.24, 2.45) is 0 Å². The van der Waals surface area contributed by atoms with E-state index in [0.717, 1.165) is 17.7 Å². The van der Waals surface area contributed by atoms with Gasteiger partial charge < -0.3 is 19.5 Å². The first-order valence-corrected chi connectivity index (χ1v) is 8.38. The number of ether oxygens (including phenoxy) is 3. The molecule has 0 fully saturated rings. The predicted octanol–water partition coefficient (Wildman–Crippen LogP) is 3.11. The quantitative estimate of drug-likeness (QED) is 0.419. The number of nitrogens with zero attached hydrogens (tertiary/aromatic N) is 1. The number of nitro groups is 1. The second kappa shape index (κ2) is 9.36. The first-order chi connectivity index (χ1) is 13.3. The minimum absolute atomic E-state index is 0.130. The van der Waals surface area contributed by atoms with Crippen molar-refractivity contribution in [2.75, 3.05) is 25.6 Å². The molecular formula is C19H20N2O7. The Kier molecular flexibility index (Phi) is 6.91. The number of amides is 1. The van der Waals surface area contributed by atoms with Crippen molar-refractivity contribution < 1.29 is 28.7 Å². The van der Waals surface area contributed by atoms with Crippen molar-refractivity contribution in [1.29, 1.82) is 0 Å². The number of anilines is 1. The Bertz CT molecular complexity index is 879. The summed E-state index contributed by atoms with van der Waals surface area (Å²) in [4.78, 5) is 34.8. The summed E-state index contributed by atoms with van der Waals surface area (Å²) in [5.74, 6) is -1.32. The van der Waals surface area contributed by atoms with Gasteiger partial charge in [0.25, 0.3) is 11.6 Å². The fourth-order valence-corrected chi connectivity index (χ4v) is 2.33. The van der Waals surface area contributed by atoms with E-state index in [1.54, 1.807) is 19.1 Å². The molecule has 0 spiro atoms. The molecule has 0 aromatic heterocycles. The number of esters is 1. The number of benzene rings is 2. The second-order valence-corrected chi connectivity index (χ2v) is 5.70. The average molecular weight is 388 g/mol. The Morgan fingerprint density at radius 3 is 2.39 bits per heavy atom. The number of nitro benzene ring substituents is 1. The summed E-state index contributed by atoms with van der Waals surface area (Å²) in [7, 11) is 1.34. The van der Waals surface area contributed by atoms with E-state index in [0.29, 0.717) is 5.69 Å². The number of hydrogen-bond donors (Lipinski definition) is 1. The predicted molar refractivity (Wildman–Crippen MR) is 101 cm³/mol. The highest BCUT2D eigenvalue weighted by atomic mass is 16.6. The molecule has 0 saturated carbocycles. The Morgan fingerprint density at radius 1 is 1.14 bits per heavy atom. The van der Waals surface area contributed by atoms with E-state index < -0.39 is 29.1 Å². The van der Waals surface area contributed by atoms with Crippen LogP contribution >= 0.6 is 0 Å². The van der Waals surface area contributed by atoms with Gasteiger partial charge in [0.2, 0.25) is 0 Å². The molecule has 9 heteroatoms. The number of methoxy groups -OCH3 is 1. The molecule has 0 aliphatic rings. The van der Waals surface area contributed by atoms with E-state index in [4.69, 9.17) is 14.2 Å². The molecule has 1 amide bonds. The van der Waals surface area contributed by atoms with Crippen LogP contribution in [0.25, 0.3) is 0 Å². The third-order valence-corrected chi connectivity index (χ3v) is 3.67. The van der Waals surface area contributed by atoms with Crippen LogP contribution in [-0.2, 0) is 9.53 Å². The zero-order valence-electron chi connectivity index (χ0n) is 15.7. The van der Waals surface area contributed by atoms with Crippen molar-refractivity contribution in [1.82, 2.24) is 0 Å². The summed E-state index contributed by atoms with van der Waals surface area (Å²) in [6.07, 6.45) is 0. The van der Waals surface area contributed by atoms with Gasteiger partial charge >= 0.3 is 5.97 Å². The Labute approximate surface area is 161 Å². The normalized spacial score (nSPS) is 10.1. The standard InChI is InChI=1S/C19H20N2O7/c1-4-27-17-10-15(21(24)25)14(9-16(17)26-3)19(23)28-11-18(22)20-13-7-5-12(2)6-8-13/h5-10H,4,11H2,1-3H3,(H,20,22). The van der Waals surface area contributed by atoms with Crippen LogP contribution in [0.1, 0.15) is 22.8 Å². The highest BCUT2D eigenvalue weighted by Gasteiger charge is 2.26. The molecule has 0 radical (unpaired) electrons. The molecule has 1 N–H and O–H groups in total. The van der Waals surface area contributed by atoms with E-state index in [2.05, 4.69) is 5.32 Å². The molecule has 9 nitrogen and oxygen atoms in total.